The summed E-state index contributed by atoms with van der Waals surface area (Å²) in [5.41, 5.74) is 0.916. The summed E-state index contributed by atoms with van der Waals surface area (Å²) in [6, 6.07) is 9.43. The SMILES string of the molecule is CC.CC(C)(C)C[C@H](C(=O)O)c1ccccc1. The van der Waals surface area contributed by atoms with E-state index in [2.05, 4.69) is 20.8 Å². The third-order valence-corrected chi connectivity index (χ3v) is 2.32. The van der Waals surface area contributed by atoms with Crippen LogP contribution in [0.25, 0.3) is 0 Å². The fourth-order valence-electron chi connectivity index (χ4n) is 1.65. The minimum Gasteiger partial charge on any atom is -0.481 e. The molecule has 0 saturated heterocycles. The summed E-state index contributed by atoms with van der Waals surface area (Å²) in [6.07, 6.45) is 0.659. The quantitative estimate of drug-likeness (QED) is 0.848. The molecule has 1 N–H and O–H groups in total. The summed E-state index contributed by atoms with van der Waals surface area (Å²) in [5.74, 6) is -1.14. The largest absolute Gasteiger partial charge is 0.481 e. The minimum atomic E-state index is -0.740. The van der Waals surface area contributed by atoms with E-state index in [1.54, 1.807) is 0 Å². The van der Waals surface area contributed by atoms with Gasteiger partial charge in [-0.05, 0) is 17.4 Å². The van der Waals surface area contributed by atoms with Gasteiger partial charge in [0.15, 0.2) is 0 Å². The van der Waals surface area contributed by atoms with Crippen LogP contribution in [0.2, 0.25) is 0 Å². The predicted molar refractivity (Wildman–Crippen MR) is 72.2 cm³/mol. The van der Waals surface area contributed by atoms with Crippen molar-refractivity contribution in [2.24, 2.45) is 5.41 Å². The van der Waals surface area contributed by atoms with E-state index in [1.807, 2.05) is 44.2 Å². The molecule has 0 spiro atoms. The summed E-state index contributed by atoms with van der Waals surface area (Å²) in [4.78, 5) is 11.2. The molecule has 0 unspecified atom stereocenters. The normalized spacial score (nSPS) is 12.3. The highest BCUT2D eigenvalue weighted by Crippen LogP contribution is 2.31. The summed E-state index contributed by atoms with van der Waals surface area (Å²) >= 11 is 0. The molecule has 1 atom stereocenters. The van der Waals surface area contributed by atoms with Gasteiger partial charge in [-0.15, -0.1) is 0 Å². The lowest BCUT2D eigenvalue weighted by Crippen LogP contribution is -2.19. The molecular weight excluding hydrogens is 212 g/mol. The van der Waals surface area contributed by atoms with Crippen LogP contribution in [0.3, 0.4) is 0 Å². The lowest BCUT2D eigenvalue weighted by atomic mass is 9.81. The van der Waals surface area contributed by atoms with Crippen molar-refractivity contribution in [2.45, 2.75) is 47.0 Å². The molecule has 0 aromatic heterocycles. The van der Waals surface area contributed by atoms with Crippen LogP contribution in [0.1, 0.15) is 52.5 Å². The number of carboxylic acids is 1. The van der Waals surface area contributed by atoms with Gasteiger partial charge in [-0.25, -0.2) is 0 Å². The molecule has 17 heavy (non-hydrogen) atoms. The van der Waals surface area contributed by atoms with E-state index in [0.29, 0.717) is 6.42 Å². The van der Waals surface area contributed by atoms with Crippen molar-refractivity contribution in [3.8, 4) is 0 Å². The van der Waals surface area contributed by atoms with Crippen LogP contribution in [0, 0.1) is 5.41 Å². The average Bonchev–Trinajstić information content (AvgIpc) is 2.28. The highest BCUT2D eigenvalue weighted by Gasteiger charge is 2.25. The molecule has 2 heteroatoms. The van der Waals surface area contributed by atoms with Gasteiger partial charge in [0.05, 0.1) is 5.92 Å². The second-order valence-corrected chi connectivity index (χ2v) is 5.07. The number of rotatable bonds is 3. The number of hydrogen-bond acceptors (Lipinski definition) is 1. The Balaban J connectivity index is 0.00000121. The van der Waals surface area contributed by atoms with Gasteiger partial charge in [0.25, 0.3) is 0 Å². The van der Waals surface area contributed by atoms with Gasteiger partial charge in [-0.3, -0.25) is 4.79 Å². The first-order chi connectivity index (χ1) is 7.90. The maximum atomic E-state index is 11.2. The highest BCUT2D eigenvalue weighted by molar-refractivity contribution is 5.76. The summed E-state index contributed by atoms with van der Waals surface area (Å²) in [7, 11) is 0. The lowest BCUT2D eigenvalue weighted by Gasteiger charge is -2.23. The number of carboxylic acid groups (broad SMARTS) is 1. The fraction of sp³-hybridized carbons (Fsp3) is 0.533. The van der Waals surface area contributed by atoms with Crippen LogP contribution in [0.15, 0.2) is 30.3 Å². The molecule has 2 nitrogen and oxygen atoms in total. The van der Waals surface area contributed by atoms with E-state index in [9.17, 15) is 9.90 Å². The summed E-state index contributed by atoms with van der Waals surface area (Å²) < 4.78 is 0. The first kappa shape index (κ1) is 15.7. The van der Waals surface area contributed by atoms with Gasteiger partial charge in [0.2, 0.25) is 0 Å². The summed E-state index contributed by atoms with van der Waals surface area (Å²) in [5, 5.41) is 9.19. The smallest absolute Gasteiger partial charge is 0.310 e. The van der Waals surface area contributed by atoms with Crippen molar-refractivity contribution in [3.05, 3.63) is 35.9 Å². The molecule has 0 fully saturated rings. The van der Waals surface area contributed by atoms with Crippen LogP contribution in [0.4, 0.5) is 0 Å². The van der Waals surface area contributed by atoms with Crippen LogP contribution in [-0.2, 0) is 4.79 Å². The first-order valence-corrected chi connectivity index (χ1v) is 6.18. The van der Waals surface area contributed by atoms with Crippen LogP contribution < -0.4 is 0 Å². The van der Waals surface area contributed by atoms with Crippen molar-refractivity contribution in [3.63, 3.8) is 0 Å². The van der Waals surface area contributed by atoms with Gasteiger partial charge < -0.3 is 5.11 Å². The van der Waals surface area contributed by atoms with E-state index >= 15 is 0 Å². The molecule has 1 rings (SSSR count). The van der Waals surface area contributed by atoms with Crippen molar-refractivity contribution < 1.29 is 9.90 Å². The maximum absolute atomic E-state index is 11.2. The van der Waals surface area contributed by atoms with E-state index in [4.69, 9.17) is 0 Å². The standard InChI is InChI=1S/C13H18O2.C2H6/c1-13(2,3)9-11(12(14)15)10-7-5-4-6-8-10;1-2/h4-8,11H,9H2,1-3H3,(H,14,15);1-2H3/t11-;/m0./s1. The van der Waals surface area contributed by atoms with Gasteiger partial charge in [0, 0.05) is 0 Å². The Morgan fingerprint density at radius 1 is 1.18 bits per heavy atom. The van der Waals surface area contributed by atoms with E-state index in [1.165, 1.54) is 0 Å². The average molecular weight is 236 g/mol. The Morgan fingerprint density at radius 3 is 2.00 bits per heavy atom. The number of hydrogen-bond donors (Lipinski definition) is 1. The van der Waals surface area contributed by atoms with Crippen LogP contribution in [0.5, 0.6) is 0 Å². The molecule has 0 radical (unpaired) electrons. The third-order valence-electron chi connectivity index (χ3n) is 2.32. The molecular formula is C15H24O2. The second kappa shape index (κ2) is 7.10. The topological polar surface area (TPSA) is 37.3 Å². The van der Waals surface area contributed by atoms with Gasteiger partial charge in [-0.2, -0.15) is 0 Å². The van der Waals surface area contributed by atoms with E-state index in [0.717, 1.165) is 5.56 Å². The Morgan fingerprint density at radius 2 is 1.65 bits per heavy atom. The number of carbonyl (C=O) groups is 1. The third kappa shape index (κ3) is 6.10. The highest BCUT2D eigenvalue weighted by atomic mass is 16.4. The maximum Gasteiger partial charge on any atom is 0.310 e. The number of aliphatic carboxylic acids is 1. The fourth-order valence-corrected chi connectivity index (χ4v) is 1.65. The molecule has 0 aliphatic heterocycles. The number of benzene rings is 1. The molecule has 0 aliphatic rings. The van der Waals surface area contributed by atoms with Gasteiger partial charge >= 0.3 is 5.97 Å². The Labute approximate surface area is 105 Å². The molecule has 96 valence electrons. The Bertz CT molecular complexity index is 323. The first-order valence-electron chi connectivity index (χ1n) is 6.18. The van der Waals surface area contributed by atoms with Crippen molar-refractivity contribution in [1.29, 1.82) is 0 Å². The van der Waals surface area contributed by atoms with Gasteiger partial charge in [0.1, 0.15) is 0 Å². The minimum absolute atomic E-state index is 0.0267. The van der Waals surface area contributed by atoms with Gasteiger partial charge in [-0.1, -0.05) is 65.0 Å². The predicted octanol–water partition coefficient (Wildman–Crippen LogP) is 4.32. The zero-order valence-electron chi connectivity index (χ0n) is 11.5. The zero-order chi connectivity index (χ0) is 13.5. The Kier molecular flexibility index (Phi) is 6.55. The monoisotopic (exact) mass is 236 g/mol. The van der Waals surface area contributed by atoms with E-state index in [-0.39, 0.29) is 5.41 Å². The molecule has 0 saturated carbocycles. The van der Waals surface area contributed by atoms with Crippen molar-refractivity contribution in [1.82, 2.24) is 0 Å². The van der Waals surface area contributed by atoms with Crippen LogP contribution >= 0.6 is 0 Å². The molecule has 0 aliphatic carbocycles. The molecule has 0 heterocycles. The lowest BCUT2D eigenvalue weighted by molar-refractivity contribution is -0.139. The van der Waals surface area contributed by atoms with E-state index < -0.39 is 11.9 Å². The zero-order valence-corrected chi connectivity index (χ0v) is 11.5. The molecule has 1 aromatic carbocycles. The molecule has 0 bridgehead atoms. The summed E-state index contributed by atoms with van der Waals surface area (Å²) in [6.45, 7) is 10.2. The second-order valence-electron chi connectivity index (χ2n) is 5.07. The molecule has 1 aromatic rings. The van der Waals surface area contributed by atoms with Crippen molar-refractivity contribution >= 4 is 5.97 Å². The molecule has 0 amide bonds. The Hall–Kier alpha value is -1.31. The van der Waals surface area contributed by atoms with Crippen LogP contribution in [-0.4, -0.2) is 11.1 Å². The van der Waals surface area contributed by atoms with Crippen molar-refractivity contribution in [2.75, 3.05) is 0 Å².